The molecule has 4 heteroatoms. The molecule has 3 aromatic rings. The van der Waals surface area contributed by atoms with E-state index in [1.807, 2.05) is 54.6 Å². The summed E-state index contributed by atoms with van der Waals surface area (Å²) in [6.45, 7) is 0.527. The lowest BCUT2D eigenvalue weighted by molar-refractivity contribution is 0.102. The second kappa shape index (κ2) is 8.61. The van der Waals surface area contributed by atoms with Crippen LogP contribution in [0.25, 0.3) is 0 Å². The fourth-order valence-electron chi connectivity index (χ4n) is 2.37. The van der Waals surface area contributed by atoms with Gasteiger partial charge in [-0.25, -0.2) is 4.98 Å². The molecule has 0 unspecified atom stereocenters. The van der Waals surface area contributed by atoms with Crippen molar-refractivity contribution in [2.75, 3.05) is 12.4 Å². The summed E-state index contributed by atoms with van der Waals surface area (Å²) in [7, 11) is 1.64. The Morgan fingerprint density at radius 2 is 1.88 bits per heavy atom. The second-order valence-electron chi connectivity index (χ2n) is 5.63. The molecule has 0 aliphatic rings. The number of carbonyl (C=O) groups is 1. The minimum Gasteiger partial charge on any atom is -0.380 e. The van der Waals surface area contributed by atoms with Crippen molar-refractivity contribution in [1.82, 2.24) is 4.98 Å². The van der Waals surface area contributed by atoms with Crippen molar-refractivity contribution in [1.29, 1.82) is 0 Å². The first-order valence-electron chi connectivity index (χ1n) is 8.17. The zero-order valence-corrected chi connectivity index (χ0v) is 14.4. The van der Waals surface area contributed by atoms with Crippen LogP contribution in [-0.4, -0.2) is 18.0 Å². The average Bonchev–Trinajstić information content (AvgIpc) is 2.68. The molecule has 0 spiro atoms. The number of anilines is 1. The number of nitrogens with one attached hydrogen (secondary N) is 1. The summed E-state index contributed by atoms with van der Waals surface area (Å²) >= 11 is 0. The van der Waals surface area contributed by atoms with Gasteiger partial charge in [-0.15, -0.1) is 0 Å². The van der Waals surface area contributed by atoms with E-state index in [-0.39, 0.29) is 5.91 Å². The Hall–Kier alpha value is -3.42. The monoisotopic (exact) mass is 342 g/mol. The average molecular weight is 342 g/mol. The van der Waals surface area contributed by atoms with Gasteiger partial charge in [-0.2, -0.15) is 0 Å². The van der Waals surface area contributed by atoms with E-state index in [1.54, 1.807) is 25.4 Å². The fraction of sp³-hybridized carbons (Fsp3) is 0.0909. The molecule has 1 heterocycles. The number of hydrogen-bond acceptors (Lipinski definition) is 3. The van der Waals surface area contributed by atoms with Crippen LogP contribution < -0.4 is 5.32 Å². The van der Waals surface area contributed by atoms with Gasteiger partial charge in [0.25, 0.3) is 5.91 Å². The molecule has 1 aromatic heterocycles. The number of amides is 1. The van der Waals surface area contributed by atoms with E-state index in [9.17, 15) is 4.79 Å². The standard InChI is InChI=1S/C22H18N2O2/c1-26-16-18-8-11-19(12-9-18)22(25)24-21-7-4-5-17(15-21)10-13-20-6-2-3-14-23-20/h2-9,11-12,14-15H,16H2,1H3,(H,24,25). The van der Waals surface area contributed by atoms with Crippen molar-refractivity contribution < 1.29 is 9.53 Å². The normalized spacial score (nSPS) is 9.88. The van der Waals surface area contributed by atoms with Crippen LogP contribution >= 0.6 is 0 Å². The summed E-state index contributed by atoms with van der Waals surface area (Å²) in [6.07, 6.45) is 1.71. The molecule has 0 aliphatic carbocycles. The Morgan fingerprint density at radius 1 is 1.04 bits per heavy atom. The summed E-state index contributed by atoms with van der Waals surface area (Å²) < 4.78 is 5.07. The molecular formula is C22H18N2O2. The quantitative estimate of drug-likeness (QED) is 0.732. The highest BCUT2D eigenvalue weighted by Crippen LogP contribution is 2.13. The molecule has 0 atom stereocenters. The zero-order valence-electron chi connectivity index (χ0n) is 14.4. The molecule has 2 aromatic carbocycles. The van der Waals surface area contributed by atoms with Gasteiger partial charge in [-0.1, -0.05) is 30.2 Å². The molecule has 3 rings (SSSR count). The van der Waals surface area contributed by atoms with Gasteiger partial charge in [0.2, 0.25) is 0 Å². The lowest BCUT2D eigenvalue weighted by Gasteiger charge is -2.06. The van der Waals surface area contributed by atoms with Crippen molar-refractivity contribution in [2.24, 2.45) is 0 Å². The SMILES string of the molecule is COCc1ccc(C(=O)Nc2cccc(C#Cc3ccccn3)c2)cc1. The molecule has 0 aliphatic heterocycles. The van der Waals surface area contributed by atoms with Crippen molar-refractivity contribution in [3.05, 3.63) is 95.3 Å². The largest absolute Gasteiger partial charge is 0.380 e. The highest BCUT2D eigenvalue weighted by Gasteiger charge is 2.06. The van der Waals surface area contributed by atoms with Gasteiger partial charge < -0.3 is 10.1 Å². The smallest absolute Gasteiger partial charge is 0.255 e. The third kappa shape index (κ3) is 4.79. The van der Waals surface area contributed by atoms with Crippen LogP contribution in [0.1, 0.15) is 27.2 Å². The van der Waals surface area contributed by atoms with E-state index in [0.29, 0.717) is 23.6 Å². The third-order valence-electron chi connectivity index (χ3n) is 3.65. The summed E-state index contributed by atoms with van der Waals surface area (Å²) in [6, 6.07) is 20.4. The first-order valence-corrected chi connectivity index (χ1v) is 8.17. The molecule has 128 valence electrons. The fourth-order valence-corrected chi connectivity index (χ4v) is 2.37. The number of carbonyl (C=O) groups excluding carboxylic acids is 1. The number of rotatable bonds is 4. The van der Waals surface area contributed by atoms with Crippen LogP contribution in [0.2, 0.25) is 0 Å². The highest BCUT2D eigenvalue weighted by atomic mass is 16.5. The number of pyridine rings is 1. The van der Waals surface area contributed by atoms with Crippen molar-refractivity contribution >= 4 is 11.6 Å². The Balaban J connectivity index is 1.70. The minimum atomic E-state index is -0.163. The number of ether oxygens (including phenoxy) is 1. The van der Waals surface area contributed by atoms with E-state index in [4.69, 9.17) is 4.74 Å². The van der Waals surface area contributed by atoms with Crippen LogP contribution in [0.4, 0.5) is 5.69 Å². The molecule has 0 bridgehead atoms. The molecule has 0 saturated carbocycles. The van der Waals surface area contributed by atoms with Crippen LogP contribution in [0.15, 0.2) is 72.9 Å². The molecule has 4 nitrogen and oxygen atoms in total. The van der Waals surface area contributed by atoms with Gasteiger partial charge in [0, 0.05) is 30.1 Å². The zero-order chi connectivity index (χ0) is 18.2. The van der Waals surface area contributed by atoms with Crippen molar-refractivity contribution in [2.45, 2.75) is 6.61 Å². The summed E-state index contributed by atoms with van der Waals surface area (Å²) in [4.78, 5) is 16.6. The Morgan fingerprint density at radius 3 is 2.62 bits per heavy atom. The van der Waals surface area contributed by atoms with E-state index >= 15 is 0 Å². The van der Waals surface area contributed by atoms with Crippen LogP contribution in [0.3, 0.4) is 0 Å². The topological polar surface area (TPSA) is 51.2 Å². The van der Waals surface area contributed by atoms with Crippen molar-refractivity contribution in [3.8, 4) is 11.8 Å². The number of nitrogens with zero attached hydrogens (tertiary/aromatic N) is 1. The second-order valence-corrected chi connectivity index (χ2v) is 5.63. The van der Waals surface area contributed by atoms with Gasteiger partial charge >= 0.3 is 0 Å². The minimum absolute atomic E-state index is 0.163. The van der Waals surface area contributed by atoms with Gasteiger partial charge in [0.05, 0.1) is 6.61 Å². The molecule has 1 N–H and O–H groups in total. The predicted octanol–water partition coefficient (Wildman–Crippen LogP) is 3.88. The Bertz CT molecular complexity index is 939. The predicted molar refractivity (Wildman–Crippen MR) is 102 cm³/mol. The molecule has 0 radical (unpaired) electrons. The van der Waals surface area contributed by atoms with Gasteiger partial charge in [0.15, 0.2) is 0 Å². The molecular weight excluding hydrogens is 324 g/mol. The van der Waals surface area contributed by atoms with Crippen LogP contribution in [-0.2, 0) is 11.3 Å². The molecule has 1 amide bonds. The maximum Gasteiger partial charge on any atom is 0.255 e. The Kier molecular flexibility index (Phi) is 5.76. The van der Waals surface area contributed by atoms with E-state index in [0.717, 1.165) is 11.1 Å². The van der Waals surface area contributed by atoms with E-state index in [2.05, 4.69) is 22.1 Å². The number of hydrogen-bond donors (Lipinski definition) is 1. The Labute approximate surface area is 152 Å². The van der Waals surface area contributed by atoms with E-state index in [1.165, 1.54) is 0 Å². The lowest BCUT2D eigenvalue weighted by atomic mass is 10.1. The number of methoxy groups -OCH3 is 1. The van der Waals surface area contributed by atoms with Gasteiger partial charge in [-0.05, 0) is 53.9 Å². The first kappa shape index (κ1) is 17.4. The van der Waals surface area contributed by atoms with Crippen LogP contribution in [0, 0.1) is 11.8 Å². The highest BCUT2D eigenvalue weighted by molar-refractivity contribution is 6.04. The van der Waals surface area contributed by atoms with Gasteiger partial charge in [-0.3, -0.25) is 4.79 Å². The lowest BCUT2D eigenvalue weighted by Crippen LogP contribution is -2.11. The summed E-state index contributed by atoms with van der Waals surface area (Å²) in [5.74, 6) is 5.90. The molecule has 26 heavy (non-hydrogen) atoms. The van der Waals surface area contributed by atoms with Crippen molar-refractivity contribution in [3.63, 3.8) is 0 Å². The van der Waals surface area contributed by atoms with E-state index < -0.39 is 0 Å². The maximum absolute atomic E-state index is 12.4. The first-order chi connectivity index (χ1) is 12.7. The maximum atomic E-state index is 12.4. The summed E-state index contributed by atoms with van der Waals surface area (Å²) in [5, 5.41) is 2.89. The number of aromatic nitrogens is 1. The molecule has 0 saturated heterocycles. The third-order valence-corrected chi connectivity index (χ3v) is 3.65. The number of benzene rings is 2. The van der Waals surface area contributed by atoms with Gasteiger partial charge in [0.1, 0.15) is 5.69 Å². The van der Waals surface area contributed by atoms with Crippen LogP contribution in [0.5, 0.6) is 0 Å². The molecule has 0 fully saturated rings. The summed E-state index contributed by atoms with van der Waals surface area (Å²) in [5.41, 5.74) is 3.83.